The van der Waals surface area contributed by atoms with Crippen LogP contribution in [0, 0.1) is 12.8 Å². The van der Waals surface area contributed by atoms with Crippen LogP contribution in [0.15, 0.2) is 24.3 Å². The van der Waals surface area contributed by atoms with E-state index in [-0.39, 0.29) is 18.4 Å². The molecule has 98 valence electrons. The summed E-state index contributed by atoms with van der Waals surface area (Å²) in [6.45, 7) is 6.36. The zero-order chi connectivity index (χ0) is 12.1. The zero-order valence-electron chi connectivity index (χ0n) is 10.9. The number of nitrogens with two attached hydrogens (primary N) is 1. The van der Waals surface area contributed by atoms with Crippen molar-refractivity contribution in [3.63, 3.8) is 0 Å². The van der Waals surface area contributed by atoms with Crippen LogP contribution in [-0.4, -0.2) is 11.2 Å². The molecule has 17 heavy (non-hydrogen) atoms. The first-order chi connectivity index (χ1) is 7.50. The molecular weight excluding hydrogens is 234 g/mol. The number of halogens is 1. The molecule has 0 aliphatic heterocycles. The van der Waals surface area contributed by atoms with Gasteiger partial charge >= 0.3 is 0 Å². The Kier molecular flexibility index (Phi) is 7.44. The van der Waals surface area contributed by atoms with Crippen molar-refractivity contribution in [3.05, 3.63) is 35.4 Å². The smallest absolute Gasteiger partial charge is 0.0732 e. The van der Waals surface area contributed by atoms with Crippen LogP contribution in [0.2, 0.25) is 0 Å². The normalized spacial score (nSPS) is 14.2. The third-order valence-electron chi connectivity index (χ3n) is 2.92. The summed E-state index contributed by atoms with van der Waals surface area (Å²) in [5.74, 6) is 0.611. The maximum Gasteiger partial charge on any atom is 0.0732 e. The summed E-state index contributed by atoms with van der Waals surface area (Å²) in [6.07, 6.45) is 1.35. The summed E-state index contributed by atoms with van der Waals surface area (Å²) in [5, 5.41) is 9.96. The molecule has 0 fully saturated rings. The van der Waals surface area contributed by atoms with Crippen LogP contribution in [0.4, 0.5) is 0 Å². The largest absolute Gasteiger partial charge is 0.391 e. The van der Waals surface area contributed by atoms with E-state index in [1.165, 1.54) is 5.56 Å². The standard InChI is InChI=1S/C14H23NO.ClH/c1-10(2)4-9-13(16)14(15)12-7-5-11(3)6-8-12;/h5-8,10,13-14,16H,4,9,15H2,1-3H3;1H/t13-,14+;/m1./s1. The van der Waals surface area contributed by atoms with E-state index in [9.17, 15) is 5.11 Å². The van der Waals surface area contributed by atoms with Gasteiger partial charge in [-0.15, -0.1) is 12.4 Å². The molecule has 0 heterocycles. The molecule has 0 aliphatic rings. The molecule has 0 unspecified atom stereocenters. The number of hydrogen-bond acceptors (Lipinski definition) is 2. The van der Waals surface area contributed by atoms with Crippen LogP contribution in [0.5, 0.6) is 0 Å². The molecule has 0 amide bonds. The fourth-order valence-electron chi connectivity index (χ4n) is 1.69. The van der Waals surface area contributed by atoms with Crippen molar-refractivity contribution in [2.45, 2.75) is 45.8 Å². The summed E-state index contributed by atoms with van der Waals surface area (Å²) in [6, 6.07) is 7.80. The third kappa shape index (κ3) is 5.53. The maximum absolute atomic E-state index is 9.96. The number of aryl methyl sites for hydroxylation is 1. The Morgan fingerprint density at radius 3 is 2.12 bits per heavy atom. The van der Waals surface area contributed by atoms with Gasteiger partial charge in [0, 0.05) is 0 Å². The molecule has 1 aromatic carbocycles. The maximum atomic E-state index is 9.96. The van der Waals surface area contributed by atoms with E-state index in [4.69, 9.17) is 5.73 Å². The summed E-state index contributed by atoms with van der Waals surface area (Å²) >= 11 is 0. The Bertz CT molecular complexity index is 311. The van der Waals surface area contributed by atoms with Crippen LogP contribution in [0.1, 0.15) is 43.9 Å². The Morgan fingerprint density at radius 1 is 1.12 bits per heavy atom. The number of benzene rings is 1. The van der Waals surface area contributed by atoms with E-state index >= 15 is 0 Å². The van der Waals surface area contributed by atoms with E-state index in [0.717, 1.165) is 18.4 Å². The van der Waals surface area contributed by atoms with Crippen LogP contribution in [0.3, 0.4) is 0 Å². The molecule has 0 saturated carbocycles. The minimum absolute atomic E-state index is 0. The number of hydrogen-bond donors (Lipinski definition) is 2. The molecule has 1 aromatic rings. The van der Waals surface area contributed by atoms with E-state index in [1.807, 2.05) is 31.2 Å². The van der Waals surface area contributed by atoms with Gasteiger partial charge in [-0.1, -0.05) is 43.7 Å². The highest BCUT2D eigenvalue weighted by molar-refractivity contribution is 5.85. The van der Waals surface area contributed by atoms with Crippen LogP contribution < -0.4 is 5.73 Å². The van der Waals surface area contributed by atoms with E-state index in [2.05, 4.69) is 13.8 Å². The SMILES string of the molecule is Cc1ccc([C@H](N)[C@H](O)CCC(C)C)cc1.Cl. The minimum Gasteiger partial charge on any atom is -0.391 e. The Labute approximate surface area is 111 Å². The van der Waals surface area contributed by atoms with Crippen molar-refractivity contribution in [1.29, 1.82) is 0 Å². The minimum atomic E-state index is -0.440. The summed E-state index contributed by atoms with van der Waals surface area (Å²) in [7, 11) is 0. The van der Waals surface area contributed by atoms with Gasteiger partial charge in [0.15, 0.2) is 0 Å². The van der Waals surface area contributed by atoms with E-state index < -0.39 is 6.10 Å². The second-order valence-electron chi connectivity index (χ2n) is 4.98. The Morgan fingerprint density at radius 2 is 1.65 bits per heavy atom. The highest BCUT2D eigenvalue weighted by Crippen LogP contribution is 2.19. The van der Waals surface area contributed by atoms with Crippen molar-refractivity contribution in [1.82, 2.24) is 0 Å². The first kappa shape index (κ1) is 16.4. The first-order valence-electron chi connectivity index (χ1n) is 6.01. The van der Waals surface area contributed by atoms with Crippen molar-refractivity contribution in [3.8, 4) is 0 Å². The van der Waals surface area contributed by atoms with Gasteiger partial charge in [0.05, 0.1) is 12.1 Å². The zero-order valence-corrected chi connectivity index (χ0v) is 11.7. The van der Waals surface area contributed by atoms with Gasteiger partial charge in [0.25, 0.3) is 0 Å². The quantitative estimate of drug-likeness (QED) is 0.851. The average molecular weight is 258 g/mol. The lowest BCUT2D eigenvalue weighted by Crippen LogP contribution is -2.26. The topological polar surface area (TPSA) is 46.2 Å². The molecule has 0 bridgehead atoms. The lowest BCUT2D eigenvalue weighted by Gasteiger charge is -2.20. The summed E-state index contributed by atoms with van der Waals surface area (Å²) in [4.78, 5) is 0. The molecule has 0 radical (unpaired) electrons. The second kappa shape index (κ2) is 7.70. The molecule has 0 saturated heterocycles. The summed E-state index contributed by atoms with van der Waals surface area (Å²) in [5.41, 5.74) is 8.26. The highest BCUT2D eigenvalue weighted by atomic mass is 35.5. The van der Waals surface area contributed by atoms with Gasteiger partial charge in [-0.2, -0.15) is 0 Å². The highest BCUT2D eigenvalue weighted by Gasteiger charge is 2.16. The fourth-order valence-corrected chi connectivity index (χ4v) is 1.69. The molecule has 0 spiro atoms. The third-order valence-corrected chi connectivity index (χ3v) is 2.92. The molecule has 3 N–H and O–H groups in total. The first-order valence-corrected chi connectivity index (χ1v) is 6.01. The van der Waals surface area contributed by atoms with Gasteiger partial charge in [-0.05, 0) is 31.2 Å². The predicted octanol–water partition coefficient (Wildman–Crippen LogP) is 3.21. The Balaban J connectivity index is 0.00000256. The van der Waals surface area contributed by atoms with Crippen molar-refractivity contribution >= 4 is 12.4 Å². The number of rotatable bonds is 5. The van der Waals surface area contributed by atoms with Crippen molar-refractivity contribution in [2.24, 2.45) is 11.7 Å². The predicted molar refractivity (Wildman–Crippen MR) is 75.4 cm³/mol. The van der Waals surface area contributed by atoms with Gasteiger partial charge in [0.2, 0.25) is 0 Å². The van der Waals surface area contributed by atoms with E-state index in [1.54, 1.807) is 0 Å². The number of aliphatic hydroxyl groups excluding tert-OH is 1. The monoisotopic (exact) mass is 257 g/mol. The fraction of sp³-hybridized carbons (Fsp3) is 0.571. The lowest BCUT2D eigenvalue weighted by molar-refractivity contribution is 0.128. The average Bonchev–Trinajstić information content (AvgIpc) is 2.26. The molecule has 2 atom stereocenters. The molecular formula is C14H24ClNO. The Hall–Kier alpha value is -0.570. The molecule has 0 aliphatic carbocycles. The lowest BCUT2D eigenvalue weighted by atomic mass is 9.95. The van der Waals surface area contributed by atoms with Gasteiger partial charge < -0.3 is 10.8 Å². The summed E-state index contributed by atoms with van der Waals surface area (Å²) < 4.78 is 0. The van der Waals surface area contributed by atoms with Crippen LogP contribution in [0.25, 0.3) is 0 Å². The van der Waals surface area contributed by atoms with Crippen LogP contribution >= 0.6 is 12.4 Å². The van der Waals surface area contributed by atoms with Crippen LogP contribution in [-0.2, 0) is 0 Å². The van der Waals surface area contributed by atoms with Gasteiger partial charge in [-0.25, -0.2) is 0 Å². The van der Waals surface area contributed by atoms with Gasteiger partial charge in [-0.3, -0.25) is 0 Å². The van der Waals surface area contributed by atoms with Gasteiger partial charge in [0.1, 0.15) is 0 Å². The second-order valence-corrected chi connectivity index (χ2v) is 4.98. The van der Waals surface area contributed by atoms with E-state index in [0.29, 0.717) is 5.92 Å². The molecule has 3 heteroatoms. The molecule has 1 rings (SSSR count). The molecule has 0 aromatic heterocycles. The molecule has 2 nitrogen and oxygen atoms in total. The van der Waals surface area contributed by atoms with Crippen molar-refractivity contribution in [2.75, 3.05) is 0 Å². The number of aliphatic hydroxyl groups is 1. The van der Waals surface area contributed by atoms with Crippen molar-refractivity contribution < 1.29 is 5.11 Å².